The van der Waals surface area contributed by atoms with Crippen molar-refractivity contribution in [1.29, 1.82) is 0 Å². The summed E-state index contributed by atoms with van der Waals surface area (Å²) in [5.74, 6) is 0.599. The quantitative estimate of drug-likeness (QED) is 0.196. The number of benzene rings is 4. The second-order valence-electron chi connectivity index (χ2n) is 9.08. The van der Waals surface area contributed by atoms with Crippen LogP contribution in [0.5, 0.6) is 11.5 Å². The zero-order chi connectivity index (χ0) is 28.2. The highest BCUT2D eigenvalue weighted by atomic mass is 35.5. The average Bonchev–Trinajstić information content (AvgIpc) is 3.34. The van der Waals surface area contributed by atoms with E-state index in [-0.39, 0.29) is 11.3 Å². The van der Waals surface area contributed by atoms with Gasteiger partial charge in [-0.15, -0.1) is 0 Å². The number of imidazole rings is 1. The number of phenols is 1. The van der Waals surface area contributed by atoms with Gasteiger partial charge in [0.1, 0.15) is 17.3 Å². The van der Waals surface area contributed by atoms with E-state index in [4.69, 9.17) is 32.9 Å². The topological polar surface area (TPSA) is 84.6 Å². The number of carbonyl (C=O) groups is 1. The number of phenolic OH excluding ortho intramolecular Hbond substituents is 1. The molecule has 5 rings (SSSR count). The molecule has 1 heterocycles. The van der Waals surface area contributed by atoms with Crippen LogP contribution < -0.4 is 4.74 Å². The Labute approximate surface area is 241 Å². The fourth-order valence-corrected chi connectivity index (χ4v) is 4.83. The summed E-state index contributed by atoms with van der Waals surface area (Å²) in [6.07, 6.45) is 5.74. The van der Waals surface area contributed by atoms with Gasteiger partial charge >= 0.3 is 5.97 Å². The molecule has 0 fully saturated rings. The average molecular weight is 571 g/mol. The van der Waals surface area contributed by atoms with E-state index in [0.717, 1.165) is 27.8 Å². The predicted octanol–water partition coefficient (Wildman–Crippen LogP) is 8.16. The molecule has 8 heteroatoms. The van der Waals surface area contributed by atoms with Crippen LogP contribution in [0.15, 0.2) is 91.1 Å². The van der Waals surface area contributed by atoms with Gasteiger partial charge in [-0.05, 0) is 83.4 Å². The first-order valence-corrected chi connectivity index (χ1v) is 13.1. The number of hydrogen-bond acceptors (Lipinski definition) is 4. The van der Waals surface area contributed by atoms with Gasteiger partial charge in [-0.25, -0.2) is 9.78 Å². The SMILES string of the molecule is COc1ccc(-c2ccc(O)cc2)cc1/C=C/c1nc(-c2ccc(Cl)cc2Cl)cn1Cc1ccc(C(=O)O)cc1. The third-order valence-corrected chi connectivity index (χ3v) is 6.96. The molecule has 0 unspecified atom stereocenters. The fourth-order valence-electron chi connectivity index (χ4n) is 4.33. The smallest absolute Gasteiger partial charge is 0.335 e. The Hall–Kier alpha value is -4.52. The normalized spacial score (nSPS) is 11.2. The van der Waals surface area contributed by atoms with E-state index in [1.54, 1.807) is 55.6 Å². The van der Waals surface area contributed by atoms with Crippen LogP contribution in [0.25, 0.3) is 34.5 Å². The maximum Gasteiger partial charge on any atom is 0.335 e. The van der Waals surface area contributed by atoms with Crippen molar-refractivity contribution in [2.45, 2.75) is 6.54 Å². The van der Waals surface area contributed by atoms with Crippen LogP contribution in [0, 0.1) is 0 Å². The highest BCUT2D eigenvalue weighted by Crippen LogP contribution is 2.32. The van der Waals surface area contributed by atoms with Crippen LogP contribution >= 0.6 is 23.2 Å². The van der Waals surface area contributed by atoms with E-state index >= 15 is 0 Å². The molecule has 0 atom stereocenters. The van der Waals surface area contributed by atoms with Crippen molar-refractivity contribution in [2.75, 3.05) is 7.11 Å². The maximum absolute atomic E-state index is 11.3. The molecule has 0 bridgehead atoms. The lowest BCUT2D eigenvalue weighted by Crippen LogP contribution is -2.02. The second kappa shape index (κ2) is 11.7. The number of carboxylic acid groups (broad SMARTS) is 1. The molecule has 0 spiro atoms. The Balaban J connectivity index is 1.54. The Morgan fingerprint density at radius 1 is 0.925 bits per heavy atom. The third-order valence-electron chi connectivity index (χ3n) is 6.41. The summed E-state index contributed by atoms with van der Waals surface area (Å²) in [6, 6.07) is 24.9. The van der Waals surface area contributed by atoms with Crippen molar-refractivity contribution in [2.24, 2.45) is 0 Å². The lowest BCUT2D eigenvalue weighted by molar-refractivity contribution is 0.0697. The van der Waals surface area contributed by atoms with Crippen molar-refractivity contribution >= 4 is 41.3 Å². The highest BCUT2D eigenvalue weighted by molar-refractivity contribution is 6.36. The monoisotopic (exact) mass is 570 g/mol. The first-order valence-electron chi connectivity index (χ1n) is 12.3. The molecule has 0 aliphatic heterocycles. The van der Waals surface area contributed by atoms with Crippen LogP contribution in [0.2, 0.25) is 10.0 Å². The van der Waals surface area contributed by atoms with E-state index in [2.05, 4.69) is 0 Å². The zero-order valence-electron chi connectivity index (χ0n) is 21.4. The minimum absolute atomic E-state index is 0.207. The number of aromatic carboxylic acids is 1. The number of aromatic nitrogens is 2. The summed E-state index contributed by atoms with van der Waals surface area (Å²) >= 11 is 12.6. The van der Waals surface area contributed by atoms with Gasteiger partial charge < -0.3 is 19.5 Å². The molecular weight excluding hydrogens is 547 g/mol. The summed E-state index contributed by atoms with van der Waals surface area (Å²) in [6.45, 7) is 0.461. The molecule has 0 aliphatic carbocycles. The van der Waals surface area contributed by atoms with Crippen LogP contribution in [-0.2, 0) is 6.54 Å². The van der Waals surface area contributed by atoms with Crippen molar-refractivity contribution in [3.05, 3.63) is 124 Å². The highest BCUT2D eigenvalue weighted by Gasteiger charge is 2.13. The first kappa shape index (κ1) is 27.1. The first-order chi connectivity index (χ1) is 19.3. The number of hydrogen-bond donors (Lipinski definition) is 2. The molecule has 4 aromatic carbocycles. The molecule has 40 heavy (non-hydrogen) atoms. The third kappa shape index (κ3) is 6.04. The number of methoxy groups -OCH3 is 1. The minimum atomic E-state index is -0.971. The molecule has 6 nitrogen and oxygen atoms in total. The summed E-state index contributed by atoms with van der Waals surface area (Å²) in [5, 5.41) is 19.9. The summed E-state index contributed by atoms with van der Waals surface area (Å²) in [4.78, 5) is 16.1. The lowest BCUT2D eigenvalue weighted by atomic mass is 10.0. The molecule has 1 aromatic heterocycles. The Morgan fingerprint density at radius 3 is 2.33 bits per heavy atom. The van der Waals surface area contributed by atoms with Gasteiger partial charge in [0.15, 0.2) is 0 Å². The van der Waals surface area contributed by atoms with Crippen molar-refractivity contribution in [3.8, 4) is 33.9 Å². The van der Waals surface area contributed by atoms with E-state index < -0.39 is 5.97 Å². The summed E-state index contributed by atoms with van der Waals surface area (Å²) in [7, 11) is 1.62. The molecule has 0 aliphatic rings. The minimum Gasteiger partial charge on any atom is -0.508 e. The number of ether oxygens (including phenoxy) is 1. The molecule has 0 saturated carbocycles. The van der Waals surface area contributed by atoms with E-state index in [1.807, 2.05) is 59.3 Å². The summed E-state index contributed by atoms with van der Waals surface area (Å²) in [5.41, 5.74) is 5.33. The van der Waals surface area contributed by atoms with Gasteiger partial charge in [0.25, 0.3) is 0 Å². The standard InChI is InChI=1S/C32H24Cl2N2O4/c1-40-30-14-8-23(21-6-11-26(37)12-7-21)16-24(30)9-15-31-35-29(27-13-10-25(33)17-28(27)34)19-36(31)18-20-2-4-22(5-3-20)32(38)39/h2-17,19,37H,18H2,1H3,(H,38,39)/b15-9+. The Kier molecular flexibility index (Phi) is 7.91. The Morgan fingerprint density at radius 2 is 1.65 bits per heavy atom. The van der Waals surface area contributed by atoms with E-state index in [0.29, 0.717) is 33.9 Å². The molecule has 200 valence electrons. The van der Waals surface area contributed by atoms with Crippen LogP contribution in [0.1, 0.15) is 27.3 Å². The number of aromatic hydroxyl groups is 1. The van der Waals surface area contributed by atoms with Gasteiger partial charge in [0, 0.05) is 28.9 Å². The maximum atomic E-state index is 11.3. The van der Waals surface area contributed by atoms with Crippen molar-refractivity contribution in [3.63, 3.8) is 0 Å². The number of carboxylic acids is 1. The van der Waals surface area contributed by atoms with Crippen molar-refractivity contribution in [1.82, 2.24) is 9.55 Å². The van der Waals surface area contributed by atoms with Crippen LogP contribution in [0.3, 0.4) is 0 Å². The fraction of sp³-hybridized carbons (Fsp3) is 0.0625. The van der Waals surface area contributed by atoms with Crippen LogP contribution in [-0.4, -0.2) is 32.8 Å². The molecule has 0 saturated heterocycles. The van der Waals surface area contributed by atoms with Crippen LogP contribution in [0.4, 0.5) is 0 Å². The Bertz CT molecular complexity index is 1710. The largest absolute Gasteiger partial charge is 0.508 e. The molecule has 5 aromatic rings. The molecule has 0 amide bonds. The number of halogens is 2. The molecule has 2 N–H and O–H groups in total. The van der Waals surface area contributed by atoms with Gasteiger partial charge in [0.05, 0.1) is 23.4 Å². The molecular formula is C32H24Cl2N2O4. The lowest BCUT2D eigenvalue weighted by Gasteiger charge is -2.09. The van der Waals surface area contributed by atoms with Gasteiger partial charge in [-0.1, -0.05) is 53.5 Å². The van der Waals surface area contributed by atoms with Gasteiger partial charge in [-0.2, -0.15) is 0 Å². The summed E-state index contributed by atoms with van der Waals surface area (Å²) < 4.78 is 7.58. The van der Waals surface area contributed by atoms with Gasteiger partial charge in [0.2, 0.25) is 0 Å². The zero-order valence-corrected chi connectivity index (χ0v) is 22.9. The second-order valence-corrected chi connectivity index (χ2v) is 9.92. The molecule has 0 radical (unpaired) electrons. The van der Waals surface area contributed by atoms with E-state index in [9.17, 15) is 15.0 Å². The van der Waals surface area contributed by atoms with E-state index in [1.165, 1.54) is 0 Å². The van der Waals surface area contributed by atoms with Crippen molar-refractivity contribution < 1.29 is 19.7 Å². The number of rotatable bonds is 8. The number of nitrogens with zero attached hydrogens (tertiary/aromatic N) is 2. The van der Waals surface area contributed by atoms with Gasteiger partial charge in [-0.3, -0.25) is 0 Å². The predicted molar refractivity (Wildman–Crippen MR) is 159 cm³/mol.